The van der Waals surface area contributed by atoms with Crippen LogP contribution < -0.4 is 5.32 Å². The molecule has 0 aliphatic rings. The maximum atomic E-state index is 11.9. The molecule has 0 aromatic carbocycles. The molecule has 0 aliphatic heterocycles. The Morgan fingerprint density at radius 3 is 2.33 bits per heavy atom. The molecule has 0 spiro atoms. The van der Waals surface area contributed by atoms with Gasteiger partial charge in [0, 0.05) is 18.9 Å². The number of aromatic amines is 1. The van der Waals surface area contributed by atoms with Gasteiger partial charge in [0.25, 0.3) is 5.91 Å². The summed E-state index contributed by atoms with van der Waals surface area (Å²) in [5, 5.41) is 12.0. The fourth-order valence-corrected chi connectivity index (χ4v) is 1.91. The van der Waals surface area contributed by atoms with E-state index in [4.69, 9.17) is 0 Å². The van der Waals surface area contributed by atoms with Crippen molar-refractivity contribution in [2.45, 2.75) is 33.6 Å². The summed E-state index contributed by atoms with van der Waals surface area (Å²) >= 11 is 0. The van der Waals surface area contributed by atoms with Crippen molar-refractivity contribution in [3.8, 4) is 0 Å². The molecule has 1 aromatic rings. The van der Waals surface area contributed by atoms with E-state index in [1.807, 2.05) is 20.8 Å². The zero-order valence-electron chi connectivity index (χ0n) is 11.0. The predicted molar refractivity (Wildman–Crippen MR) is 68.5 cm³/mol. The second-order valence-corrected chi connectivity index (χ2v) is 4.53. The largest absolute Gasteiger partial charge is 0.481 e. The molecule has 1 aromatic heterocycles. The summed E-state index contributed by atoms with van der Waals surface area (Å²) in [6.07, 6.45) is 4.33. The lowest BCUT2D eigenvalue weighted by atomic mass is 9.82. The van der Waals surface area contributed by atoms with Crippen molar-refractivity contribution in [1.29, 1.82) is 0 Å². The molecular formula is C13H20N2O3. The third-order valence-corrected chi connectivity index (χ3v) is 3.59. The van der Waals surface area contributed by atoms with Crippen molar-refractivity contribution >= 4 is 11.9 Å². The van der Waals surface area contributed by atoms with Crippen LogP contribution in [0.25, 0.3) is 0 Å². The second kappa shape index (κ2) is 5.71. The molecule has 0 saturated carbocycles. The van der Waals surface area contributed by atoms with Crippen LogP contribution in [0.3, 0.4) is 0 Å². The average molecular weight is 252 g/mol. The van der Waals surface area contributed by atoms with Crippen LogP contribution in [0.4, 0.5) is 0 Å². The highest BCUT2D eigenvalue weighted by Crippen LogP contribution is 2.25. The van der Waals surface area contributed by atoms with E-state index in [-0.39, 0.29) is 12.5 Å². The van der Waals surface area contributed by atoms with E-state index in [0.29, 0.717) is 18.4 Å². The number of carboxylic acids is 1. The molecule has 1 amide bonds. The molecule has 3 N–H and O–H groups in total. The van der Waals surface area contributed by atoms with Crippen molar-refractivity contribution in [2.24, 2.45) is 5.41 Å². The van der Waals surface area contributed by atoms with Gasteiger partial charge < -0.3 is 15.4 Å². The number of hydrogen-bond donors (Lipinski definition) is 3. The minimum atomic E-state index is -0.875. The van der Waals surface area contributed by atoms with Gasteiger partial charge in [-0.05, 0) is 25.3 Å². The molecule has 0 aliphatic carbocycles. The summed E-state index contributed by atoms with van der Waals surface area (Å²) in [7, 11) is 0. The van der Waals surface area contributed by atoms with Crippen LogP contribution in [-0.2, 0) is 4.79 Å². The molecule has 5 nitrogen and oxygen atoms in total. The Morgan fingerprint density at radius 2 is 1.94 bits per heavy atom. The molecule has 0 saturated heterocycles. The molecule has 1 rings (SSSR count). The lowest BCUT2D eigenvalue weighted by Crippen LogP contribution is -2.42. The first-order chi connectivity index (χ1) is 8.46. The molecule has 5 heteroatoms. The Kier molecular flexibility index (Phi) is 4.53. The van der Waals surface area contributed by atoms with Gasteiger partial charge in [0.1, 0.15) is 0 Å². The Morgan fingerprint density at radius 1 is 1.33 bits per heavy atom. The van der Waals surface area contributed by atoms with Gasteiger partial charge in [-0.1, -0.05) is 13.8 Å². The number of H-pyrrole nitrogens is 1. The number of amides is 1. The van der Waals surface area contributed by atoms with Crippen LogP contribution in [0.1, 0.15) is 42.6 Å². The van der Waals surface area contributed by atoms with Gasteiger partial charge in [-0.3, -0.25) is 9.59 Å². The van der Waals surface area contributed by atoms with Crippen LogP contribution in [-0.4, -0.2) is 28.5 Å². The highest BCUT2D eigenvalue weighted by molar-refractivity contribution is 5.95. The first kappa shape index (κ1) is 14.3. The summed E-state index contributed by atoms with van der Waals surface area (Å²) in [5.74, 6) is -1.10. The predicted octanol–water partition coefficient (Wildman–Crippen LogP) is 1.94. The zero-order chi connectivity index (χ0) is 13.8. The van der Waals surface area contributed by atoms with E-state index in [1.165, 1.54) is 0 Å². The van der Waals surface area contributed by atoms with E-state index < -0.39 is 11.4 Å². The van der Waals surface area contributed by atoms with Crippen LogP contribution in [0.5, 0.6) is 0 Å². The van der Waals surface area contributed by atoms with E-state index in [9.17, 15) is 14.7 Å². The van der Waals surface area contributed by atoms with Crippen molar-refractivity contribution in [3.63, 3.8) is 0 Å². The maximum absolute atomic E-state index is 11.9. The molecule has 100 valence electrons. The highest BCUT2D eigenvalue weighted by atomic mass is 16.4. The first-order valence-electron chi connectivity index (χ1n) is 6.11. The van der Waals surface area contributed by atoms with Gasteiger partial charge in [0.05, 0.1) is 11.0 Å². The number of carbonyl (C=O) groups excluding carboxylic acids is 1. The molecule has 0 atom stereocenters. The highest BCUT2D eigenvalue weighted by Gasteiger charge is 2.35. The molecule has 0 fully saturated rings. The number of aliphatic carboxylic acids is 1. The number of aryl methyl sites for hydroxylation is 1. The minimum absolute atomic E-state index is 0.152. The van der Waals surface area contributed by atoms with E-state index in [0.717, 1.165) is 5.56 Å². The fourth-order valence-electron chi connectivity index (χ4n) is 1.91. The third kappa shape index (κ3) is 2.72. The topological polar surface area (TPSA) is 82.2 Å². The van der Waals surface area contributed by atoms with Crippen LogP contribution in [0, 0.1) is 12.3 Å². The normalized spacial score (nSPS) is 11.3. The second-order valence-electron chi connectivity index (χ2n) is 4.53. The number of rotatable bonds is 6. The summed E-state index contributed by atoms with van der Waals surface area (Å²) in [6.45, 7) is 5.63. The first-order valence-corrected chi connectivity index (χ1v) is 6.11. The Hall–Kier alpha value is -1.78. The fraction of sp³-hybridized carbons (Fsp3) is 0.538. The van der Waals surface area contributed by atoms with Crippen LogP contribution >= 0.6 is 0 Å². The number of nitrogens with one attached hydrogen (secondary N) is 2. The summed E-state index contributed by atoms with van der Waals surface area (Å²) in [6, 6.07) is 0. The molecule has 0 unspecified atom stereocenters. The number of carbonyl (C=O) groups is 2. The zero-order valence-corrected chi connectivity index (χ0v) is 11.0. The number of aromatic nitrogens is 1. The van der Waals surface area contributed by atoms with Crippen LogP contribution in [0.2, 0.25) is 0 Å². The average Bonchev–Trinajstić information content (AvgIpc) is 2.77. The van der Waals surface area contributed by atoms with Gasteiger partial charge in [-0.25, -0.2) is 0 Å². The molecular weight excluding hydrogens is 232 g/mol. The van der Waals surface area contributed by atoms with E-state index in [2.05, 4.69) is 10.3 Å². The van der Waals surface area contributed by atoms with E-state index >= 15 is 0 Å². The minimum Gasteiger partial charge on any atom is -0.481 e. The van der Waals surface area contributed by atoms with Crippen molar-refractivity contribution in [3.05, 3.63) is 23.5 Å². The summed E-state index contributed by atoms with van der Waals surface area (Å²) in [5.41, 5.74) is 0.530. The summed E-state index contributed by atoms with van der Waals surface area (Å²) < 4.78 is 0. The van der Waals surface area contributed by atoms with Gasteiger partial charge in [-0.15, -0.1) is 0 Å². The van der Waals surface area contributed by atoms with Crippen molar-refractivity contribution in [2.75, 3.05) is 6.54 Å². The van der Waals surface area contributed by atoms with Gasteiger partial charge in [-0.2, -0.15) is 0 Å². The number of hydrogen-bond acceptors (Lipinski definition) is 2. The Labute approximate surface area is 107 Å². The monoisotopic (exact) mass is 252 g/mol. The summed E-state index contributed by atoms with van der Waals surface area (Å²) in [4.78, 5) is 26.0. The lowest BCUT2D eigenvalue weighted by Gasteiger charge is -2.26. The maximum Gasteiger partial charge on any atom is 0.311 e. The van der Waals surface area contributed by atoms with Crippen molar-refractivity contribution in [1.82, 2.24) is 10.3 Å². The van der Waals surface area contributed by atoms with Gasteiger partial charge in [0.2, 0.25) is 0 Å². The van der Waals surface area contributed by atoms with E-state index in [1.54, 1.807) is 12.4 Å². The molecule has 1 heterocycles. The molecule has 18 heavy (non-hydrogen) atoms. The Balaban J connectivity index is 2.72. The molecule has 0 bridgehead atoms. The number of carboxylic acid groups (broad SMARTS) is 1. The standard InChI is InChI=1S/C13H20N2O3/c1-4-13(5-2,12(17)18)8-15-11(16)10-7-14-6-9(10)3/h6-7,14H,4-5,8H2,1-3H3,(H,15,16)(H,17,18). The van der Waals surface area contributed by atoms with Gasteiger partial charge in [0.15, 0.2) is 0 Å². The SMILES string of the molecule is CCC(CC)(CNC(=O)c1c[nH]cc1C)C(=O)O. The smallest absolute Gasteiger partial charge is 0.311 e. The Bertz CT molecular complexity index is 433. The van der Waals surface area contributed by atoms with Crippen molar-refractivity contribution < 1.29 is 14.7 Å². The molecule has 0 radical (unpaired) electrons. The lowest BCUT2D eigenvalue weighted by molar-refractivity contribution is -0.149. The third-order valence-electron chi connectivity index (χ3n) is 3.59. The van der Waals surface area contributed by atoms with Gasteiger partial charge >= 0.3 is 5.97 Å². The quantitative estimate of drug-likeness (QED) is 0.723. The van der Waals surface area contributed by atoms with Crippen LogP contribution in [0.15, 0.2) is 12.4 Å².